The zero-order chi connectivity index (χ0) is 14.5. The van der Waals surface area contributed by atoms with Crippen LogP contribution < -0.4 is 5.32 Å². The topological polar surface area (TPSA) is 62.7 Å². The second kappa shape index (κ2) is 6.81. The predicted octanol–water partition coefficient (Wildman–Crippen LogP) is 3.15. The van der Waals surface area contributed by atoms with Gasteiger partial charge in [0, 0.05) is 6.54 Å². The van der Waals surface area contributed by atoms with Gasteiger partial charge >= 0.3 is 0 Å². The quantitative estimate of drug-likeness (QED) is 0.636. The monoisotopic (exact) mass is 310 g/mol. The van der Waals surface area contributed by atoms with Gasteiger partial charge in [0.1, 0.15) is 6.04 Å². The minimum atomic E-state index is -0.379. The van der Waals surface area contributed by atoms with Gasteiger partial charge in [-0.3, -0.25) is 14.5 Å². The number of unbranched alkanes of at least 4 members (excludes halogenated alkanes) is 1. The van der Waals surface area contributed by atoms with Crippen molar-refractivity contribution in [1.82, 2.24) is 20.1 Å². The number of nitrogens with zero attached hydrogens (tertiary/aromatic N) is 2. The van der Waals surface area contributed by atoms with Crippen molar-refractivity contribution < 1.29 is 4.79 Å². The Bertz CT molecular complexity index is 615. The highest BCUT2D eigenvalue weighted by molar-refractivity contribution is 7.71. The minimum Gasteiger partial charge on any atom is -0.354 e. The molecule has 1 amide bonds. The van der Waals surface area contributed by atoms with Crippen molar-refractivity contribution in [3.63, 3.8) is 0 Å². The van der Waals surface area contributed by atoms with Crippen molar-refractivity contribution in [2.24, 2.45) is 0 Å². The normalized spacial score (nSPS) is 12.3. The molecule has 1 atom stereocenters. The van der Waals surface area contributed by atoms with Gasteiger partial charge in [0.25, 0.3) is 0 Å². The smallest absolute Gasteiger partial charge is 0.242 e. The number of carbonyl (C=O) groups is 1. The molecule has 0 radical (unpaired) electrons. The van der Waals surface area contributed by atoms with Crippen LogP contribution in [-0.2, 0) is 4.79 Å². The number of amides is 1. The van der Waals surface area contributed by atoms with Gasteiger partial charge in [0.05, 0.1) is 4.88 Å². The van der Waals surface area contributed by atoms with Gasteiger partial charge in [0.15, 0.2) is 10.6 Å². The SMILES string of the molecule is CCCCNC(=O)[C@@H](C)n1c(-c2cccs2)n[nH]c1=S. The summed E-state index contributed by atoms with van der Waals surface area (Å²) in [5, 5.41) is 11.9. The summed E-state index contributed by atoms with van der Waals surface area (Å²) in [5.41, 5.74) is 0. The van der Waals surface area contributed by atoms with E-state index in [0.29, 0.717) is 17.1 Å². The van der Waals surface area contributed by atoms with Crippen LogP contribution >= 0.6 is 23.6 Å². The average molecular weight is 310 g/mol. The molecule has 0 unspecified atom stereocenters. The fraction of sp³-hybridized carbons (Fsp3) is 0.462. The van der Waals surface area contributed by atoms with E-state index in [2.05, 4.69) is 22.4 Å². The molecule has 108 valence electrons. The summed E-state index contributed by atoms with van der Waals surface area (Å²) in [6.07, 6.45) is 2.03. The fourth-order valence-electron chi connectivity index (χ4n) is 1.90. The molecule has 2 aromatic rings. The van der Waals surface area contributed by atoms with Crippen LogP contribution in [0.15, 0.2) is 17.5 Å². The zero-order valence-corrected chi connectivity index (χ0v) is 13.2. The highest BCUT2D eigenvalue weighted by Gasteiger charge is 2.20. The maximum Gasteiger partial charge on any atom is 0.242 e. The van der Waals surface area contributed by atoms with Crippen molar-refractivity contribution in [3.05, 3.63) is 22.3 Å². The highest BCUT2D eigenvalue weighted by Crippen LogP contribution is 2.25. The Morgan fingerprint density at radius 2 is 2.45 bits per heavy atom. The second-order valence-corrected chi connectivity index (χ2v) is 5.85. The van der Waals surface area contributed by atoms with Crippen LogP contribution in [-0.4, -0.2) is 27.2 Å². The van der Waals surface area contributed by atoms with E-state index in [4.69, 9.17) is 12.2 Å². The largest absolute Gasteiger partial charge is 0.354 e. The number of hydrogen-bond donors (Lipinski definition) is 2. The third-order valence-corrected chi connectivity index (χ3v) is 4.20. The molecule has 2 N–H and O–H groups in total. The van der Waals surface area contributed by atoms with Crippen LogP contribution in [0.5, 0.6) is 0 Å². The number of nitrogens with one attached hydrogen (secondary N) is 2. The summed E-state index contributed by atoms with van der Waals surface area (Å²) in [6, 6.07) is 3.54. The average Bonchev–Trinajstić information content (AvgIpc) is 3.07. The van der Waals surface area contributed by atoms with Crippen LogP contribution in [0, 0.1) is 4.77 Å². The van der Waals surface area contributed by atoms with Gasteiger partial charge < -0.3 is 5.32 Å². The molecule has 0 spiro atoms. The molecule has 5 nitrogen and oxygen atoms in total. The predicted molar refractivity (Wildman–Crippen MR) is 83.4 cm³/mol. The number of carbonyl (C=O) groups excluding carboxylic acids is 1. The van der Waals surface area contributed by atoms with Crippen molar-refractivity contribution in [2.45, 2.75) is 32.7 Å². The third kappa shape index (κ3) is 3.16. The summed E-state index contributed by atoms with van der Waals surface area (Å²) in [4.78, 5) is 13.2. The molecule has 0 saturated carbocycles. The molecule has 0 saturated heterocycles. The summed E-state index contributed by atoms with van der Waals surface area (Å²) in [5.74, 6) is 0.678. The van der Waals surface area contributed by atoms with Crippen molar-refractivity contribution in [1.29, 1.82) is 0 Å². The lowest BCUT2D eigenvalue weighted by Gasteiger charge is -2.15. The number of hydrogen-bond acceptors (Lipinski definition) is 4. The lowest BCUT2D eigenvalue weighted by atomic mass is 10.2. The second-order valence-electron chi connectivity index (χ2n) is 4.52. The molecule has 2 heterocycles. The molecule has 0 bridgehead atoms. The number of aromatic amines is 1. The van der Waals surface area contributed by atoms with Crippen molar-refractivity contribution in [3.8, 4) is 10.7 Å². The molecule has 0 fully saturated rings. The van der Waals surface area contributed by atoms with Crippen LogP contribution in [0.1, 0.15) is 32.7 Å². The zero-order valence-electron chi connectivity index (χ0n) is 11.5. The Balaban J connectivity index is 2.22. The van der Waals surface area contributed by atoms with E-state index in [1.54, 1.807) is 15.9 Å². The van der Waals surface area contributed by atoms with Gasteiger partial charge in [-0.25, -0.2) is 0 Å². The Morgan fingerprint density at radius 1 is 1.65 bits per heavy atom. The standard InChI is InChI=1S/C13H18N4OS2/c1-3-4-7-14-12(18)9(2)17-11(15-16-13(17)19)10-6-5-8-20-10/h5-6,8-9H,3-4,7H2,1-2H3,(H,14,18)(H,16,19)/t9-/m1/s1. The molecule has 20 heavy (non-hydrogen) atoms. The van der Waals surface area contributed by atoms with Gasteiger partial charge in [-0.15, -0.1) is 11.3 Å². The molecule has 0 aliphatic heterocycles. The molecule has 7 heteroatoms. The van der Waals surface area contributed by atoms with E-state index in [1.165, 1.54) is 0 Å². The summed E-state index contributed by atoms with van der Waals surface area (Å²) < 4.78 is 2.23. The Kier molecular flexibility index (Phi) is 5.08. The lowest BCUT2D eigenvalue weighted by Crippen LogP contribution is -2.32. The maximum atomic E-state index is 12.2. The van der Waals surface area contributed by atoms with Gasteiger partial charge in [0.2, 0.25) is 5.91 Å². The maximum absolute atomic E-state index is 12.2. The minimum absolute atomic E-state index is 0.0336. The summed E-state index contributed by atoms with van der Waals surface area (Å²) in [6.45, 7) is 4.62. The lowest BCUT2D eigenvalue weighted by molar-refractivity contribution is -0.123. The molecule has 0 aliphatic carbocycles. The van der Waals surface area contributed by atoms with Crippen LogP contribution in [0.2, 0.25) is 0 Å². The first-order valence-corrected chi connectivity index (χ1v) is 7.92. The van der Waals surface area contributed by atoms with E-state index in [0.717, 1.165) is 17.7 Å². The fourth-order valence-corrected chi connectivity index (χ4v) is 2.90. The van der Waals surface area contributed by atoms with E-state index >= 15 is 0 Å². The van der Waals surface area contributed by atoms with Gasteiger partial charge in [-0.1, -0.05) is 19.4 Å². The van der Waals surface area contributed by atoms with E-state index in [1.807, 2.05) is 24.4 Å². The first kappa shape index (κ1) is 14.9. The molecule has 2 aromatic heterocycles. The number of aromatic nitrogens is 3. The van der Waals surface area contributed by atoms with Crippen molar-refractivity contribution in [2.75, 3.05) is 6.54 Å². The van der Waals surface area contributed by atoms with Gasteiger partial charge in [-0.2, -0.15) is 5.10 Å². The van der Waals surface area contributed by atoms with E-state index in [9.17, 15) is 4.79 Å². The molecule has 2 rings (SSSR count). The number of rotatable bonds is 6. The van der Waals surface area contributed by atoms with E-state index in [-0.39, 0.29) is 11.9 Å². The van der Waals surface area contributed by atoms with Crippen LogP contribution in [0.4, 0.5) is 0 Å². The van der Waals surface area contributed by atoms with Crippen LogP contribution in [0.3, 0.4) is 0 Å². The number of H-pyrrole nitrogens is 1. The summed E-state index contributed by atoms with van der Waals surface area (Å²) in [7, 11) is 0. The molecule has 0 aromatic carbocycles. The van der Waals surface area contributed by atoms with Crippen molar-refractivity contribution >= 4 is 29.5 Å². The van der Waals surface area contributed by atoms with Gasteiger partial charge in [-0.05, 0) is 37.0 Å². The highest BCUT2D eigenvalue weighted by atomic mass is 32.1. The van der Waals surface area contributed by atoms with E-state index < -0.39 is 0 Å². The Morgan fingerprint density at radius 3 is 3.10 bits per heavy atom. The molecular formula is C13H18N4OS2. The first-order valence-electron chi connectivity index (χ1n) is 6.63. The molecular weight excluding hydrogens is 292 g/mol. The third-order valence-electron chi connectivity index (χ3n) is 3.04. The Hall–Kier alpha value is -1.47. The summed E-state index contributed by atoms with van der Waals surface area (Å²) >= 11 is 6.82. The van der Waals surface area contributed by atoms with Crippen LogP contribution in [0.25, 0.3) is 10.7 Å². The Labute approximate surface area is 127 Å². The molecule has 0 aliphatic rings. The number of thiophene rings is 1. The first-order chi connectivity index (χ1) is 9.65.